The highest BCUT2D eigenvalue weighted by Gasteiger charge is 2.04. The molecule has 1 aliphatic rings. The summed E-state index contributed by atoms with van der Waals surface area (Å²) in [6, 6.07) is 0. The van der Waals surface area contributed by atoms with E-state index < -0.39 is 0 Å². The SMILES string of the molecule is CC1=[O+]CC=CCO1. The van der Waals surface area contributed by atoms with Gasteiger partial charge in [0.15, 0.2) is 0 Å². The monoisotopic (exact) mass is 113 g/mol. The predicted octanol–water partition coefficient (Wildman–Crippen LogP) is 0.655. The molecule has 0 aromatic carbocycles. The van der Waals surface area contributed by atoms with Gasteiger partial charge >= 0.3 is 5.97 Å². The zero-order valence-corrected chi connectivity index (χ0v) is 4.89. The van der Waals surface area contributed by atoms with Gasteiger partial charge < -0.3 is 9.16 Å². The lowest BCUT2D eigenvalue weighted by Gasteiger charge is -1.80. The van der Waals surface area contributed by atoms with Gasteiger partial charge in [-0.2, -0.15) is 0 Å². The number of esters is 1. The van der Waals surface area contributed by atoms with Crippen molar-refractivity contribution in [2.75, 3.05) is 13.2 Å². The Bertz CT molecular complexity index is 124. The maximum atomic E-state index is 5.01. The summed E-state index contributed by atoms with van der Waals surface area (Å²) in [5, 5.41) is 0. The van der Waals surface area contributed by atoms with Crippen molar-refractivity contribution in [3.63, 3.8) is 0 Å². The van der Waals surface area contributed by atoms with E-state index in [1.165, 1.54) is 0 Å². The first-order valence-corrected chi connectivity index (χ1v) is 2.64. The number of hydrogen-bond acceptors (Lipinski definition) is 1. The van der Waals surface area contributed by atoms with Crippen LogP contribution in [0, 0.1) is 0 Å². The van der Waals surface area contributed by atoms with Gasteiger partial charge in [-0.05, 0) is 12.2 Å². The fraction of sp³-hybridized carbons (Fsp3) is 0.500. The van der Waals surface area contributed by atoms with Crippen LogP contribution in [0.5, 0.6) is 0 Å². The summed E-state index contributed by atoms with van der Waals surface area (Å²) in [6.45, 7) is 3.10. The highest BCUT2D eigenvalue weighted by atomic mass is 16.6. The van der Waals surface area contributed by atoms with E-state index in [4.69, 9.17) is 9.16 Å². The molecule has 0 amide bonds. The number of cyclic esters (lactones) is 1. The molecule has 1 aliphatic heterocycles. The van der Waals surface area contributed by atoms with Crippen molar-refractivity contribution in [1.82, 2.24) is 0 Å². The third kappa shape index (κ3) is 1.37. The van der Waals surface area contributed by atoms with Crippen LogP contribution in [0.15, 0.2) is 12.2 Å². The Kier molecular flexibility index (Phi) is 1.67. The standard InChI is InChI=1S/C6H9O2/c1-6-7-4-2-3-5-8-6/h2-3H,4-5H2,1H3/q+1. The number of carbonyl (C=O) groups excluding carboxylic acids is 1. The lowest BCUT2D eigenvalue weighted by Crippen LogP contribution is -1.99. The van der Waals surface area contributed by atoms with E-state index in [1.54, 1.807) is 0 Å². The topological polar surface area (TPSA) is 20.5 Å². The Hall–Kier alpha value is -0.790. The molecular formula is C6H9O2+. The van der Waals surface area contributed by atoms with Gasteiger partial charge in [0.25, 0.3) is 0 Å². The largest absolute Gasteiger partial charge is 0.482 e. The van der Waals surface area contributed by atoms with Crippen LogP contribution in [0.4, 0.5) is 0 Å². The molecule has 44 valence electrons. The fourth-order valence-electron chi connectivity index (χ4n) is 0.509. The van der Waals surface area contributed by atoms with Crippen LogP contribution in [-0.4, -0.2) is 19.2 Å². The zero-order chi connectivity index (χ0) is 5.82. The van der Waals surface area contributed by atoms with Gasteiger partial charge in [-0.1, -0.05) is 0 Å². The van der Waals surface area contributed by atoms with Crippen molar-refractivity contribution in [3.8, 4) is 0 Å². The Morgan fingerprint density at radius 1 is 1.62 bits per heavy atom. The molecule has 0 saturated heterocycles. The molecule has 1 heterocycles. The second-order valence-corrected chi connectivity index (χ2v) is 1.58. The average Bonchev–Trinajstić information content (AvgIpc) is 1.94. The summed E-state index contributed by atoms with van der Waals surface area (Å²) >= 11 is 0. The first kappa shape index (κ1) is 5.35. The summed E-state index contributed by atoms with van der Waals surface area (Å²) in [4.78, 5) is 0. The minimum absolute atomic E-state index is 0.645. The van der Waals surface area contributed by atoms with Gasteiger partial charge in [-0.15, -0.1) is 0 Å². The highest BCUT2D eigenvalue weighted by Crippen LogP contribution is 1.85. The molecule has 0 N–H and O–H groups in total. The predicted molar refractivity (Wildman–Crippen MR) is 30.6 cm³/mol. The van der Waals surface area contributed by atoms with Crippen LogP contribution in [-0.2, 0) is 9.16 Å². The third-order valence-corrected chi connectivity index (χ3v) is 0.932. The molecule has 0 aromatic heterocycles. The van der Waals surface area contributed by atoms with E-state index >= 15 is 0 Å². The zero-order valence-electron chi connectivity index (χ0n) is 4.89. The molecule has 0 bridgehead atoms. The van der Waals surface area contributed by atoms with Gasteiger partial charge in [0, 0.05) is 0 Å². The lowest BCUT2D eigenvalue weighted by atomic mass is 10.5. The van der Waals surface area contributed by atoms with Gasteiger partial charge in [-0.3, -0.25) is 0 Å². The van der Waals surface area contributed by atoms with E-state index in [2.05, 4.69) is 0 Å². The number of rotatable bonds is 0. The normalized spacial score (nSPS) is 18.9. The summed E-state index contributed by atoms with van der Waals surface area (Å²) in [5.74, 6) is 0.662. The van der Waals surface area contributed by atoms with Crippen LogP contribution in [0.3, 0.4) is 0 Å². The number of ether oxygens (including phenoxy) is 1. The molecular weight excluding hydrogens is 104 g/mol. The Balaban J connectivity index is 2.48. The second-order valence-electron chi connectivity index (χ2n) is 1.58. The molecule has 0 aromatic rings. The number of hydrogen-bond donors (Lipinski definition) is 0. The molecule has 8 heavy (non-hydrogen) atoms. The third-order valence-electron chi connectivity index (χ3n) is 0.932. The van der Waals surface area contributed by atoms with Crippen molar-refractivity contribution in [2.45, 2.75) is 6.92 Å². The van der Waals surface area contributed by atoms with Crippen LogP contribution in [0.1, 0.15) is 6.92 Å². The van der Waals surface area contributed by atoms with Crippen molar-refractivity contribution >= 4 is 5.97 Å². The summed E-state index contributed by atoms with van der Waals surface area (Å²) in [6.07, 6.45) is 3.88. The van der Waals surface area contributed by atoms with Gasteiger partial charge in [-0.25, -0.2) is 0 Å². The maximum Gasteiger partial charge on any atom is 0.482 e. The molecule has 0 fully saturated rings. The van der Waals surface area contributed by atoms with Crippen molar-refractivity contribution < 1.29 is 9.16 Å². The van der Waals surface area contributed by atoms with E-state index in [-0.39, 0.29) is 0 Å². The molecule has 1 rings (SSSR count). The Morgan fingerprint density at radius 3 is 3.38 bits per heavy atom. The van der Waals surface area contributed by atoms with E-state index in [1.807, 2.05) is 19.1 Å². The molecule has 0 radical (unpaired) electrons. The van der Waals surface area contributed by atoms with Crippen LogP contribution in [0.25, 0.3) is 0 Å². The average molecular weight is 113 g/mol. The molecule has 0 spiro atoms. The smallest absolute Gasteiger partial charge is 0.318 e. The van der Waals surface area contributed by atoms with Crippen molar-refractivity contribution in [1.29, 1.82) is 0 Å². The van der Waals surface area contributed by atoms with Crippen LogP contribution >= 0.6 is 0 Å². The fourth-order valence-corrected chi connectivity index (χ4v) is 0.509. The lowest BCUT2D eigenvalue weighted by molar-refractivity contribution is -0.454. The molecule has 2 nitrogen and oxygen atoms in total. The van der Waals surface area contributed by atoms with E-state index in [9.17, 15) is 0 Å². The van der Waals surface area contributed by atoms with E-state index in [0.29, 0.717) is 19.2 Å². The van der Waals surface area contributed by atoms with E-state index in [0.717, 1.165) is 0 Å². The Labute approximate surface area is 48.5 Å². The maximum absolute atomic E-state index is 5.01. The van der Waals surface area contributed by atoms with Gasteiger partial charge in [0.05, 0.1) is 6.92 Å². The molecule has 2 heteroatoms. The first-order valence-electron chi connectivity index (χ1n) is 2.64. The molecule has 0 aliphatic carbocycles. The van der Waals surface area contributed by atoms with Crippen molar-refractivity contribution in [2.24, 2.45) is 0 Å². The highest BCUT2D eigenvalue weighted by molar-refractivity contribution is 5.66. The summed E-state index contributed by atoms with van der Waals surface area (Å²) in [5.41, 5.74) is 0. The van der Waals surface area contributed by atoms with Gasteiger partial charge in [0.2, 0.25) is 13.2 Å². The van der Waals surface area contributed by atoms with Gasteiger partial charge in [0.1, 0.15) is 0 Å². The van der Waals surface area contributed by atoms with Crippen LogP contribution in [0.2, 0.25) is 0 Å². The minimum Gasteiger partial charge on any atom is -0.318 e. The van der Waals surface area contributed by atoms with Crippen LogP contribution < -0.4 is 0 Å². The minimum atomic E-state index is 0.645. The van der Waals surface area contributed by atoms with Crippen molar-refractivity contribution in [3.05, 3.63) is 12.2 Å². The second kappa shape index (κ2) is 2.50. The Morgan fingerprint density at radius 2 is 2.50 bits per heavy atom. The quantitative estimate of drug-likeness (QED) is 0.257. The summed E-state index contributed by atoms with van der Waals surface area (Å²) in [7, 11) is 0. The first-order chi connectivity index (χ1) is 3.89. The molecule has 0 saturated carbocycles. The molecule has 0 atom stereocenters. The summed E-state index contributed by atoms with van der Waals surface area (Å²) < 4.78 is 10.0. The molecule has 0 unspecified atom stereocenters.